The molecular formula is C16H20N6O5. The van der Waals surface area contributed by atoms with Gasteiger partial charge in [0.2, 0.25) is 5.91 Å². The van der Waals surface area contributed by atoms with Crippen molar-refractivity contribution in [2.45, 2.75) is 31.8 Å². The summed E-state index contributed by atoms with van der Waals surface area (Å²) in [5.41, 5.74) is 5.00. The number of benzene rings is 1. The Bertz CT molecular complexity index is 896. The summed E-state index contributed by atoms with van der Waals surface area (Å²) in [5.74, 6) is -1.72. The first-order valence-corrected chi connectivity index (χ1v) is 8.26. The lowest BCUT2D eigenvalue weighted by Crippen LogP contribution is -2.42. The van der Waals surface area contributed by atoms with E-state index >= 15 is 0 Å². The quantitative estimate of drug-likeness (QED) is 0.415. The van der Waals surface area contributed by atoms with Crippen molar-refractivity contribution in [2.24, 2.45) is 5.73 Å². The molecule has 1 heterocycles. The summed E-state index contributed by atoms with van der Waals surface area (Å²) in [6.45, 7) is 0.176. The van der Waals surface area contributed by atoms with Gasteiger partial charge in [0.05, 0.1) is 11.9 Å². The van der Waals surface area contributed by atoms with Gasteiger partial charge in [-0.25, -0.2) is 14.3 Å². The Labute approximate surface area is 153 Å². The zero-order chi connectivity index (χ0) is 19.8. The zero-order valence-electron chi connectivity index (χ0n) is 14.4. The lowest BCUT2D eigenvalue weighted by atomic mass is 10.1. The molecule has 0 saturated carbocycles. The molecule has 0 fully saturated rings. The van der Waals surface area contributed by atoms with Crippen molar-refractivity contribution in [1.29, 1.82) is 0 Å². The van der Waals surface area contributed by atoms with E-state index in [0.717, 1.165) is 4.68 Å². The van der Waals surface area contributed by atoms with Crippen LogP contribution in [0.4, 0.5) is 4.79 Å². The molecule has 2 rings (SSSR count). The number of fused-ring (bicyclic) bond motifs is 1. The van der Waals surface area contributed by atoms with Crippen molar-refractivity contribution < 1.29 is 19.5 Å². The van der Waals surface area contributed by atoms with Crippen LogP contribution in [0, 0.1) is 0 Å². The van der Waals surface area contributed by atoms with Crippen LogP contribution in [0.3, 0.4) is 0 Å². The van der Waals surface area contributed by atoms with E-state index in [0.29, 0.717) is 17.3 Å². The normalized spacial score (nSPS) is 11.7. The van der Waals surface area contributed by atoms with Crippen LogP contribution in [0.2, 0.25) is 0 Å². The molecule has 3 amide bonds. The number of amides is 3. The summed E-state index contributed by atoms with van der Waals surface area (Å²) in [4.78, 5) is 46.1. The summed E-state index contributed by atoms with van der Waals surface area (Å²) >= 11 is 0. The number of nitrogens with one attached hydrogen (secondary N) is 2. The molecule has 0 aliphatic carbocycles. The number of hydrogen-bond acceptors (Lipinski definition) is 6. The van der Waals surface area contributed by atoms with Crippen molar-refractivity contribution in [3.8, 4) is 0 Å². The topological polar surface area (TPSA) is 169 Å². The van der Waals surface area contributed by atoms with Crippen molar-refractivity contribution in [1.82, 2.24) is 25.6 Å². The standard InChI is InChI=1S/C16H20N6O5/c17-16(27)18-8-3-6-12(15(25)26)19-13(23)7-9-22-14(24)10-4-1-2-5-11(10)20-21-22/h1-2,4-5,12H,3,6-9H2,(H,19,23)(H,25,26)(H3,17,18,27)/t12-/m1/s1. The minimum Gasteiger partial charge on any atom is -0.480 e. The number of aromatic nitrogens is 3. The van der Waals surface area contributed by atoms with Gasteiger partial charge in [-0.05, 0) is 25.0 Å². The molecule has 1 atom stereocenters. The summed E-state index contributed by atoms with van der Waals surface area (Å²) in [5, 5.41) is 22.0. The van der Waals surface area contributed by atoms with Crippen molar-refractivity contribution in [3.63, 3.8) is 0 Å². The van der Waals surface area contributed by atoms with Gasteiger partial charge in [-0.2, -0.15) is 0 Å². The molecule has 0 aliphatic rings. The Kier molecular flexibility index (Phi) is 6.80. The molecule has 27 heavy (non-hydrogen) atoms. The second-order valence-corrected chi connectivity index (χ2v) is 5.78. The van der Waals surface area contributed by atoms with Crippen LogP contribution in [-0.4, -0.2) is 50.6 Å². The van der Waals surface area contributed by atoms with Crippen molar-refractivity contribution >= 4 is 28.8 Å². The van der Waals surface area contributed by atoms with Crippen molar-refractivity contribution in [2.75, 3.05) is 6.54 Å². The minimum absolute atomic E-state index is 0.0297. The predicted molar refractivity (Wildman–Crippen MR) is 94.8 cm³/mol. The Hall–Kier alpha value is -3.50. The molecule has 5 N–H and O–H groups in total. The van der Waals surface area contributed by atoms with Gasteiger partial charge in [-0.3, -0.25) is 9.59 Å². The van der Waals surface area contributed by atoms with Gasteiger partial charge in [0.1, 0.15) is 11.6 Å². The minimum atomic E-state index is -1.19. The van der Waals surface area contributed by atoms with E-state index < -0.39 is 23.9 Å². The molecule has 2 aromatic rings. The van der Waals surface area contributed by atoms with Crippen LogP contribution in [0.1, 0.15) is 19.3 Å². The first kappa shape index (κ1) is 19.8. The molecule has 0 spiro atoms. The third-order valence-corrected chi connectivity index (χ3v) is 3.78. The molecule has 0 aliphatic heterocycles. The lowest BCUT2D eigenvalue weighted by molar-refractivity contribution is -0.142. The lowest BCUT2D eigenvalue weighted by Gasteiger charge is -2.14. The molecule has 11 heteroatoms. The SMILES string of the molecule is NC(=O)NCCC[C@@H](NC(=O)CCn1nnc2ccccc2c1=O)C(=O)O. The number of hydrogen-bond donors (Lipinski definition) is 4. The fourth-order valence-corrected chi connectivity index (χ4v) is 2.42. The summed E-state index contributed by atoms with van der Waals surface area (Å²) < 4.78 is 1.06. The fourth-order valence-electron chi connectivity index (χ4n) is 2.42. The van der Waals surface area contributed by atoms with Crippen LogP contribution in [-0.2, 0) is 16.1 Å². The molecule has 11 nitrogen and oxygen atoms in total. The van der Waals surface area contributed by atoms with Gasteiger partial charge in [0, 0.05) is 13.0 Å². The van der Waals surface area contributed by atoms with Crippen LogP contribution in [0.25, 0.3) is 10.9 Å². The largest absolute Gasteiger partial charge is 0.480 e. The maximum absolute atomic E-state index is 12.3. The Morgan fingerprint density at radius 3 is 2.70 bits per heavy atom. The zero-order valence-corrected chi connectivity index (χ0v) is 14.4. The summed E-state index contributed by atoms with van der Waals surface area (Å²) in [6.07, 6.45) is 0.323. The number of carbonyl (C=O) groups is 3. The van der Waals surface area contributed by atoms with E-state index in [1.54, 1.807) is 24.3 Å². The number of primary amides is 1. The van der Waals surface area contributed by atoms with E-state index in [-0.39, 0.29) is 31.5 Å². The smallest absolute Gasteiger partial charge is 0.326 e. The molecule has 144 valence electrons. The number of nitrogens with two attached hydrogens (primary N) is 1. The van der Waals surface area contributed by atoms with Crippen LogP contribution in [0.15, 0.2) is 29.1 Å². The highest BCUT2D eigenvalue weighted by Crippen LogP contribution is 2.04. The predicted octanol–water partition coefficient (Wildman–Crippen LogP) is -0.800. The third kappa shape index (κ3) is 5.76. The Morgan fingerprint density at radius 1 is 1.26 bits per heavy atom. The van der Waals surface area contributed by atoms with E-state index in [1.807, 2.05) is 0 Å². The molecule has 0 saturated heterocycles. The van der Waals surface area contributed by atoms with E-state index in [1.165, 1.54) is 0 Å². The number of aliphatic carboxylic acids is 1. The number of urea groups is 1. The molecule has 0 bridgehead atoms. The van der Waals surface area contributed by atoms with Gasteiger partial charge >= 0.3 is 12.0 Å². The first-order chi connectivity index (χ1) is 12.9. The Balaban J connectivity index is 1.90. The maximum Gasteiger partial charge on any atom is 0.326 e. The van der Waals surface area contributed by atoms with E-state index in [9.17, 15) is 24.3 Å². The number of carbonyl (C=O) groups excluding carboxylic acids is 2. The number of rotatable bonds is 9. The van der Waals surface area contributed by atoms with Gasteiger partial charge in [0.15, 0.2) is 0 Å². The van der Waals surface area contributed by atoms with Gasteiger partial charge in [-0.15, -0.1) is 5.10 Å². The molecular weight excluding hydrogens is 356 g/mol. The summed E-state index contributed by atoms with van der Waals surface area (Å²) in [6, 6.07) is 4.90. The van der Waals surface area contributed by atoms with Gasteiger partial charge in [-0.1, -0.05) is 17.3 Å². The average molecular weight is 376 g/mol. The van der Waals surface area contributed by atoms with Crippen LogP contribution >= 0.6 is 0 Å². The van der Waals surface area contributed by atoms with Crippen LogP contribution in [0.5, 0.6) is 0 Å². The fraction of sp³-hybridized carbons (Fsp3) is 0.375. The second kappa shape index (κ2) is 9.27. The molecule has 1 aromatic heterocycles. The van der Waals surface area contributed by atoms with Gasteiger partial charge < -0.3 is 21.5 Å². The van der Waals surface area contributed by atoms with Crippen molar-refractivity contribution in [3.05, 3.63) is 34.6 Å². The molecule has 0 unspecified atom stereocenters. The maximum atomic E-state index is 12.3. The second-order valence-electron chi connectivity index (χ2n) is 5.78. The molecule has 1 aromatic carbocycles. The monoisotopic (exact) mass is 376 g/mol. The van der Waals surface area contributed by atoms with E-state index in [2.05, 4.69) is 20.9 Å². The highest BCUT2D eigenvalue weighted by atomic mass is 16.4. The average Bonchev–Trinajstić information content (AvgIpc) is 2.63. The van der Waals surface area contributed by atoms with E-state index in [4.69, 9.17) is 5.73 Å². The molecule has 0 radical (unpaired) electrons. The first-order valence-electron chi connectivity index (χ1n) is 8.26. The highest BCUT2D eigenvalue weighted by molar-refractivity contribution is 5.83. The van der Waals surface area contributed by atoms with Crippen LogP contribution < -0.4 is 21.9 Å². The number of nitrogens with zero attached hydrogens (tertiary/aromatic N) is 3. The number of aryl methyl sites for hydroxylation is 1. The summed E-state index contributed by atoms with van der Waals surface area (Å²) in [7, 11) is 0. The number of carboxylic acids is 1. The number of carboxylic acid groups (broad SMARTS) is 1. The third-order valence-electron chi connectivity index (χ3n) is 3.78. The highest BCUT2D eigenvalue weighted by Gasteiger charge is 2.19. The van der Waals surface area contributed by atoms with Gasteiger partial charge in [0.25, 0.3) is 5.56 Å². The Morgan fingerprint density at radius 2 is 2.00 bits per heavy atom.